The van der Waals surface area contributed by atoms with Crippen molar-refractivity contribution in [3.63, 3.8) is 0 Å². The molecular formula is C10H13FO3S. The van der Waals surface area contributed by atoms with Gasteiger partial charge in [0.05, 0.1) is 11.5 Å². The normalized spacial score (nSPS) is 11.7. The van der Waals surface area contributed by atoms with Crippen LogP contribution in [0.2, 0.25) is 0 Å². The van der Waals surface area contributed by atoms with Crippen molar-refractivity contribution >= 4 is 9.84 Å². The molecule has 0 heterocycles. The summed E-state index contributed by atoms with van der Waals surface area (Å²) in [7, 11) is -3.50. The Morgan fingerprint density at radius 2 is 2.00 bits per heavy atom. The summed E-state index contributed by atoms with van der Waals surface area (Å²) < 4.78 is 36.1. The lowest BCUT2D eigenvalue weighted by Gasteiger charge is -2.09. The van der Waals surface area contributed by atoms with Gasteiger partial charge in [-0.05, 0) is 24.1 Å². The van der Waals surface area contributed by atoms with Crippen LogP contribution >= 0.6 is 0 Å². The Morgan fingerprint density at radius 3 is 2.40 bits per heavy atom. The molecule has 3 nitrogen and oxygen atoms in total. The number of halogens is 1. The molecule has 0 unspecified atom stereocenters. The van der Waals surface area contributed by atoms with Crippen molar-refractivity contribution in [2.24, 2.45) is 0 Å². The quantitative estimate of drug-likeness (QED) is 0.854. The SMILES string of the molecule is CCc1cc(F)c(CO)c(S(C)(=O)=O)c1. The van der Waals surface area contributed by atoms with Gasteiger partial charge < -0.3 is 5.11 Å². The fraction of sp³-hybridized carbons (Fsp3) is 0.400. The Bertz CT molecular complexity index is 466. The zero-order valence-corrected chi connectivity index (χ0v) is 9.44. The first-order chi connectivity index (χ1) is 6.90. The number of sulfone groups is 1. The Morgan fingerprint density at radius 1 is 1.40 bits per heavy atom. The first-order valence-electron chi connectivity index (χ1n) is 4.52. The van der Waals surface area contributed by atoms with Crippen molar-refractivity contribution in [1.82, 2.24) is 0 Å². The van der Waals surface area contributed by atoms with Crippen LogP contribution in [0, 0.1) is 5.82 Å². The number of hydrogen-bond acceptors (Lipinski definition) is 3. The van der Waals surface area contributed by atoms with Crippen molar-refractivity contribution in [3.05, 3.63) is 29.1 Å². The molecule has 1 rings (SSSR count). The zero-order valence-electron chi connectivity index (χ0n) is 8.62. The Labute approximate surface area is 88.5 Å². The molecule has 0 fully saturated rings. The molecule has 0 aliphatic heterocycles. The molecule has 0 aliphatic rings. The fourth-order valence-corrected chi connectivity index (χ4v) is 2.33. The van der Waals surface area contributed by atoms with E-state index >= 15 is 0 Å². The predicted octanol–water partition coefficient (Wildman–Crippen LogP) is 1.28. The van der Waals surface area contributed by atoms with Crippen LogP contribution in [-0.4, -0.2) is 19.8 Å². The van der Waals surface area contributed by atoms with E-state index in [-0.39, 0.29) is 10.5 Å². The van der Waals surface area contributed by atoms with Crippen molar-refractivity contribution in [2.75, 3.05) is 6.26 Å². The predicted molar refractivity (Wildman–Crippen MR) is 54.8 cm³/mol. The summed E-state index contributed by atoms with van der Waals surface area (Å²) >= 11 is 0. The summed E-state index contributed by atoms with van der Waals surface area (Å²) in [6, 6.07) is 2.66. The van der Waals surface area contributed by atoms with E-state index in [4.69, 9.17) is 5.11 Å². The van der Waals surface area contributed by atoms with Crippen LogP contribution in [0.3, 0.4) is 0 Å². The molecule has 0 saturated carbocycles. The van der Waals surface area contributed by atoms with Gasteiger partial charge in [-0.15, -0.1) is 0 Å². The molecular weight excluding hydrogens is 219 g/mol. The van der Waals surface area contributed by atoms with Gasteiger partial charge in [0.15, 0.2) is 9.84 Å². The highest BCUT2D eigenvalue weighted by atomic mass is 32.2. The van der Waals surface area contributed by atoms with Crippen molar-refractivity contribution in [2.45, 2.75) is 24.8 Å². The summed E-state index contributed by atoms with van der Waals surface area (Å²) in [5.74, 6) is -0.669. The van der Waals surface area contributed by atoms with Crippen LogP contribution < -0.4 is 0 Å². The number of aliphatic hydroxyl groups is 1. The van der Waals surface area contributed by atoms with Crippen LogP contribution in [0.5, 0.6) is 0 Å². The average molecular weight is 232 g/mol. The van der Waals surface area contributed by atoms with Crippen LogP contribution in [-0.2, 0) is 22.9 Å². The number of benzene rings is 1. The van der Waals surface area contributed by atoms with E-state index in [1.165, 1.54) is 12.1 Å². The van der Waals surface area contributed by atoms with Crippen LogP contribution in [0.15, 0.2) is 17.0 Å². The molecule has 15 heavy (non-hydrogen) atoms. The maximum absolute atomic E-state index is 13.4. The van der Waals surface area contributed by atoms with Gasteiger partial charge in [0.25, 0.3) is 0 Å². The average Bonchev–Trinajstić information content (AvgIpc) is 2.15. The zero-order chi connectivity index (χ0) is 11.6. The molecule has 1 aromatic rings. The second-order valence-electron chi connectivity index (χ2n) is 3.34. The number of aryl methyl sites for hydroxylation is 1. The van der Waals surface area contributed by atoms with Crippen LogP contribution in [0.25, 0.3) is 0 Å². The van der Waals surface area contributed by atoms with Gasteiger partial charge in [-0.2, -0.15) is 0 Å². The van der Waals surface area contributed by atoms with E-state index < -0.39 is 22.3 Å². The van der Waals surface area contributed by atoms with E-state index in [1.54, 1.807) is 6.92 Å². The first-order valence-corrected chi connectivity index (χ1v) is 6.41. The van der Waals surface area contributed by atoms with Gasteiger partial charge in [0.1, 0.15) is 5.82 Å². The highest BCUT2D eigenvalue weighted by Crippen LogP contribution is 2.21. The third kappa shape index (κ3) is 2.54. The highest BCUT2D eigenvalue weighted by molar-refractivity contribution is 7.90. The Hall–Kier alpha value is -0.940. The van der Waals surface area contributed by atoms with Gasteiger partial charge in [-0.3, -0.25) is 0 Å². The monoisotopic (exact) mass is 232 g/mol. The van der Waals surface area contributed by atoms with E-state index in [0.29, 0.717) is 12.0 Å². The fourth-order valence-electron chi connectivity index (χ4n) is 1.35. The van der Waals surface area contributed by atoms with E-state index in [2.05, 4.69) is 0 Å². The second-order valence-corrected chi connectivity index (χ2v) is 5.32. The molecule has 0 spiro atoms. The summed E-state index contributed by atoms with van der Waals surface area (Å²) in [6.45, 7) is 1.19. The molecule has 0 aliphatic carbocycles. The Balaban J connectivity index is 3.53. The summed E-state index contributed by atoms with van der Waals surface area (Å²) in [5.41, 5.74) is 0.444. The molecule has 1 N–H and O–H groups in total. The van der Waals surface area contributed by atoms with Crippen molar-refractivity contribution in [1.29, 1.82) is 0 Å². The smallest absolute Gasteiger partial charge is 0.175 e. The molecule has 0 radical (unpaired) electrons. The second kappa shape index (κ2) is 4.28. The third-order valence-corrected chi connectivity index (χ3v) is 3.34. The molecule has 0 atom stereocenters. The van der Waals surface area contributed by atoms with Gasteiger partial charge in [-0.25, -0.2) is 12.8 Å². The van der Waals surface area contributed by atoms with Gasteiger partial charge in [0, 0.05) is 11.8 Å². The van der Waals surface area contributed by atoms with Gasteiger partial charge in [-0.1, -0.05) is 6.92 Å². The minimum absolute atomic E-state index is 0.123. The summed E-state index contributed by atoms with van der Waals surface area (Å²) in [6.07, 6.45) is 1.55. The first kappa shape index (κ1) is 12.1. The van der Waals surface area contributed by atoms with Crippen LogP contribution in [0.4, 0.5) is 4.39 Å². The van der Waals surface area contributed by atoms with E-state index in [9.17, 15) is 12.8 Å². The number of hydrogen-bond donors (Lipinski definition) is 1. The van der Waals surface area contributed by atoms with Gasteiger partial charge in [0.2, 0.25) is 0 Å². The molecule has 0 saturated heterocycles. The summed E-state index contributed by atoms with van der Waals surface area (Å²) in [5, 5.41) is 8.92. The Kier molecular flexibility index (Phi) is 3.46. The molecule has 0 amide bonds. The minimum Gasteiger partial charge on any atom is -0.392 e. The van der Waals surface area contributed by atoms with Crippen molar-refractivity contribution in [3.8, 4) is 0 Å². The molecule has 5 heteroatoms. The molecule has 0 bridgehead atoms. The van der Waals surface area contributed by atoms with Crippen LogP contribution in [0.1, 0.15) is 18.1 Å². The molecule has 84 valence electrons. The maximum Gasteiger partial charge on any atom is 0.175 e. The molecule has 0 aromatic heterocycles. The lowest BCUT2D eigenvalue weighted by molar-refractivity contribution is 0.272. The number of rotatable bonds is 3. The lowest BCUT2D eigenvalue weighted by Crippen LogP contribution is -2.06. The van der Waals surface area contributed by atoms with E-state index in [1.807, 2.05) is 0 Å². The molecule has 1 aromatic carbocycles. The minimum atomic E-state index is -3.50. The van der Waals surface area contributed by atoms with E-state index in [0.717, 1.165) is 6.26 Å². The number of aliphatic hydroxyl groups excluding tert-OH is 1. The van der Waals surface area contributed by atoms with Gasteiger partial charge >= 0.3 is 0 Å². The summed E-state index contributed by atoms with van der Waals surface area (Å²) in [4.78, 5) is -0.123. The third-order valence-electron chi connectivity index (χ3n) is 2.18. The highest BCUT2D eigenvalue weighted by Gasteiger charge is 2.17. The standard InChI is InChI=1S/C10H13FO3S/c1-3-7-4-9(11)8(6-12)10(5-7)15(2,13)14/h4-5,12H,3,6H2,1-2H3. The lowest BCUT2D eigenvalue weighted by atomic mass is 10.1. The maximum atomic E-state index is 13.4. The van der Waals surface area contributed by atoms with Crippen molar-refractivity contribution < 1.29 is 17.9 Å². The topological polar surface area (TPSA) is 54.4 Å². The largest absolute Gasteiger partial charge is 0.392 e.